The second kappa shape index (κ2) is 7.30. The van der Waals surface area contributed by atoms with Gasteiger partial charge in [0.05, 0.1) is 12.7 Å². The summed E-state index contributed by atoms with van der Waals surface area (Å²) in [5.41, 5.74) is 0.850. The molecule has 0 radical (unpaired) electrons. The lowest BCUT2D eigenvalue weighted by Crippen LogP contribution is -2.31. The largest absolute Gasteiger partial charge is 0.343 e. The predicted octanol–water partition coefficient (Wildman–Crippen LogP) is 1.47. The lowest BCUT2D eigenvalue weighted by molar-refractivity contribution is -0.121. The molecule has 2 N–H and O–H groups in total. The van der Waals surface area contributed by atoms with Gasteiger partial charge in [0.1, 0.15) is 0 Å². The smallest absolute Gasteiger partial charge is 0.244 e. The number of hydrogen-bond acceptors (Lipinski definition) is 3. The van der Waals surface area contributed by atoms with Crippen molar-refractivity contribution in [1.29, 1.82) is 0 Å². The summed E-state index contributed by atoms with van der Waals surface area (Å²) in [4.78, 5) is 23.2. The van der Waals surface area contributed by atoms with Crippen molar-refractivity contribution >= 4 is 23.6 Å². The minimum Gasteiger partial charge on any atom is -0.343 e. The minimum absolute atomic E-state index is 0.106. The average Bonchev–Trinajstić information content (AvgIpc) is 2.92. The third-order valence-corrected chi connectivity index (χ3v) is 2.78. The van der Waals surface area contributed by atoms with Crippen LogP contribution in [0, 0.1) is 11.6 Å². The molecule has 0 spiro atoms. The van der Waals surface area contributed by atoms with Crippen molar-refractivity contribution in [3.8, 4) is 0 Å². The molecule has 2 rings (SSSR count). The highest BCUT2D eigenvalue weighted by atomic mass is 19.2. The number of hydrogen-bond donors (Lipinski definition) is 2. The summed E-state index contributed by atoms with van der Waals surface area (Å²) in [6.07, 6.45) is 6.12. The Kier molecular flexibility index (Phi) is 5.19. The molecule has 23 heavy (non-hydrogen) atoms. The summed E-state index contributed by atoms with van der Waals surface area (Å²) in [6, 6.07) is 2.98. The molecular formula is C15H14F2N4O2. The Morgan fingerprint density at radius 1 is 1.30 bits per heavy atom. The van der Waals surface area contributed by atoms with E-state index in [9.17, 15) is 18.4 Å². The minimum atomic E-state index is -1.06. The molecule has 0 saturated carbocycles. The summed E-state index contributed by atoms with van der Waals surface area (Å²) in [7, 11) is 1.75. The van der Waals surface area contributed by atoms with Gasteiger partial charge in [-0.05, 0) is 18.2 Å². The Balaban J connectivity index is 1.80. The van der Waals surface area contributed by atoms with Crippen LogP contribution in [0.2, 0.25) is 0 Å². The molecular weight excluding hydrogens is 306 g/mol. The normalized spacial score (nSPS) is 10.7. The van der Waals surface area contributed by atoms with Gasteiger partial charge < -0.3 is 10.6 Å². The number of amides is 2. The van der Waals surface area contributed by atoms with Crippen molar-refractivity contribution in [2.75, 3.05) is 11.9 Å². The number of anilines is 1. The lowest BCUT2D eigenvalue weighted by Gasteiger charge is -2.06. The van der Waals surface area contributed by atoms with Crippen LogP contribution in [0.25, 0.3) is 6.08 Å². The fraction of sp³-hybridized carbons (Fsp3) is 0.133. The van der Waals surface area contributed by atoms with E-state index < -0.39 is 23.4 Å². The van der Waals surface area contributed by atoms with E-state index in [1.54, 1.807) is 30.2 Å². The van der Waals surface area contributed by atoms with Crippen LogP contribution in [0.15, 0.2) is 36.7 Å². The van der Waals surface area contributed by atoms with Crippen LogP contribution in [0.4, 0.5) is 14.5 Å². The van der Waals surface area contributed by atoms with Gasteiger partial charge in [-0.1, -0.05) is 0 Å². The highest BCUT2D eigenvalue weighted by Crippen LogP contribution is 2.12. The summed E-state index contributed by atoms with van der Waals surface area (Å²) in [5, 5.41) is 8.66. The highest BCUT2D eigenvalue weighted by Gasteiger charge is 2.07. The molecule has 2 amide bonds. The van der Waals surface area contributed by atoms with Gasteiger partial charge in [-0.25, -0.2) is 8.78 Å². The van der Waals surface area contributed by atoms with Crippen LogP contribution in [0.1, 0.15) is 5.56 Å². The van der Waals surface area contributed by atoms with Crippen molar-refractivity contribution in [3.63, 3.8) is 0 Å². The summed E-state index contributed by atoms with van der Waals surface area (Å²) in [5.74, 6) is -3.09. The van der Waals surface area contributed by atoms with Crippen LogP contribution < -0.4 is 10.6 Å². The molecule has 1 aromatic carbocycles. The number of aryl methyl sites for hydroxylation is 1. The van der Waals surface area contributed by atoms with Gasteiger partial charge >= 0.3 is 0 Å². The lowest BCUT2D eigenvalue weighted by atomic mass is 10.3. The Hall–Kier alpha value is -3.03. The maximum atomic E-state index is 13.0. The van der Waals surface area contributed by atoms with E-state index in [2.05, 4.69) is 15.7 Å². The number of aromatic nitrogens is 2. The maximum Gasteiger partial charge on any atom is 0.244 e. The quantitative estimate of drug-likeness (QED) is 0.819. The summed E-state index contributed by atoms with van der Waals surface area (Å²) < 4.78 is 27.3. The van der Waals surface area contributed by atoms with E-state index >= 15 is 0 Å². The van der Waals surface area contributed by atoms with E-state index in [1.165, 1.54) is 12.1 Å². The topological polar surface area (TPSA) is 76.0 Å². The average molecular weight is 320 g/mol. The molecule has 0 aliphatic rings. The second-order valence-electron chi connectivity index (χ2n) is 4.68. The second-order valence-corrected chi connectivity index (χ2v) is 4.68. The number of nitrogens with one attached hydrogen (secondary N) is 2. The number of carbonyl (C=O) groups is 2. The molecule has 2 aromatic rings. The zero-order chi connectivity index (χ0) is 16.8. The Morgan fingerprint density at radius 2 is 2.09 bits per heavy atom. The molecule has 0 aliphatic heterocycles. The molecule has 0 bridgehead atoms. The molecule has 1 aromatic heterocycles. The van der Waals surface area contributed by atoms with Gasteiger partial charge in [-0.3, -0.25) is 14.3 Å². The number of benzene rings is 1. The Labute approximate surface area is 130 Å². The van der Waals surface area contributed by atoms with Crippen molar-refractivity contribution in [2.24, 2.45) is 7.05 Å². The first kappa shape index (κ1) is 16.3. The fourth-order valence-corrected chi connectivity index (χ4v) is 1.70. The first-order chi connectivity index (χ1) is 10.9. The van der Waals surface area contributed by atoms with Gasteiger partial charge in [0.25, 0.3) is 0 Å². The van der Waals surface area contributed by atoms with E-state index in [-0.39, 0.29) is 12.2 Å². The Morgan fingerprint density at radius 3 is 2.74 bits per heavy atom. The van der Waals surface area contributed by atoms with E-state index in [4.69, 9.17) is 0 Å². The van der Waals surface area contributed by atoms with Gasteiger partial charge in [0.15, 0.2) is 11.6 Å². The van der Waals surface area contributed by atoms with E-state index in [0.29, 0.717) is 0 Å². The summed E-state index contributed by atoms with van der Waals surface area (Å²) >= 11 is 0. The molecule has 0 atom stereocenters. The molecule has 0 unspecified atom stereocenters. The fourth-order valence-electron chi connectivity index (χ4n) is 1.70. The molecule has 1 heterocycles. The number of halogens is 2. The van der Waals surface area contributed by atoms with E-state index in [1.807, 2.05) is 0 Å². The first-order valence-corrected chi connectivity index (χ1v) is 6.63. The van der Waals surface area contributed by atoms with Crippen LogP contribution in [-0.2, 0) is 16.6 Å². The number of nitrogens with zero attached hydrogens (tertiary/aromatic N) is 2. The third-order valence-electron chi connectivity index (χ3n) is 2.78. The molecule has 6 nitrogen and oxygen atoms in total. The molecule has 0 fully saturated rings. The number of carbonyl (C=O) groups excluding carboxylic acids is 2. The van der Waals surface area contributed by atoms with Crippen LogP contribution in [0.3, 0.4) is 0 Å². The highest BCUT2D eigenvalue weighted by molar-refractivity contribution is 5.97. The molecule has 120 valence electrons. The molecule has 0 saturated heterocycles. The summed E-state index contributed by atoms with van der Waals surface area (Å²) in [6.45, 7) is -0.296. The predicted molar refractivity (Wildman–Crippen MR) is 80.2 cm³/mol. The maximum absolute atomic E-state index is 13.0. The van der Waals surface area contributed by atoms with Crippen LogP contribution >= 0.6 is 0 Å². The standard InChI is InChI=1S/C15H14F2N4O2/c1-21-9-10(7-19-21)2-5-14(22)18-8-15(23)20-11-3-4-12(16)13(17)6-11/h2-7,9H,8H2,1H3,(H,18,22)(H,20,23). The van der Waals surface area contributed by atoms with Crippen LogP contribution in [-0.4, -0.2) is 28.1 Å². The zero-order valence-corrected chi connectivity index (χ0v) is 12.2. The van der Waals surface area contributed by atoms with Crippen molar-refractivity contribution in [1.82, 2.24) is 15.1 Å². The van der Waals surface area contributed by atoms with E-state index in [0.717, 1.165) is 17.7 Å². The Bertz CT molecular complexity index is 756. The van der Waals surface area contributed by atoms with Crippen LogP contribution in [0.5, 0.6) is 0 Å². The zero-order valence-electron chi connectivity index (χ0n) is 12.2. The molecule has 8 heteroatoms. The number of rotatable bonds is 5. The monoisotopic (exact) mass is 320 g/mol. The molecule has 0 aliphatic carbocycles. The van der Waals surface area contributed by atoms with Crippen molar-refractivity contribution < 1.29 is 18.4 Å². The SMILES string of the molecule is Cn1cc(C=CC(=O)NCC(=O)Nc2ccc(F)c(F)c2)cn1. The van der Waals surface area contributed by atoms with Gasteiger partial charge in [0.2, 0.25) is 11.8 Å². The van der Waals surface area contributed by atoms with Crippen molar-refractivity contribution in [3.05, 3.63) is 53.9 Å². The van der Waals surface area contributed by atoms with Gasteiger partial charge in [0, 0.05) is 36.6 Å². The third kappa shape index (κ3) is 5.03. The van der Waals surface area contributed by atoms with Crippen molar-refractivity contribution in [2.45, 2.75) is 0 Å². The first-order valence-electron chi connectivity index (χ1n) is 6.63. The van der Waals surface area contributed by atoms with Gasteiger partial charge in [-0.15, -0.1) is 0 Å². The van der Waals surface area contributed by atoms with Gasteiger partial charge in [-0.2, -0.15) is 5.10 Å².